The first-order chi connectivity index (χ1) is 15.0. The van der Waals surface area contributed by atoms with Crippen LogP contribution in [0.3, 0.4) is 0 Å². The van der Waals surface area contributed by atoms with Crippen LogP contribution in [0.4, 0.5) is 26.7 Å². The van der Waals surface area contributed by atoms with Crippen LogP contribution in [-0.4, -0.2) is 40.3 Å². The van der Waals surface area contributed by atoms with Crippen LogP contribution in [0.2, 0.25) is 0 Å². The van der Waals surface area contributed by atoms with E-state index >= 15 is 0 Å². The van der Waals surface area contributed by atoms with Crippen LogP contribution in [0.15, 0.2) is 30.7 Å². The second-order valence-corrected chi connectivity index (χ2v) is 9.08. The molecule has 1 N–H and O–H groups in total. The van der Waals surface area contributed by atoms with Gasteiger partial charge in [-0.1, -0.05) is 0 Å². The number of ether oxygens (including phenoxy) is 2. The second-order valence-electron chi connectivity index (χ2n) is 9.08. The molecule has 0 radical (unpaired) electrons. The monoisotopic (exact) mass is 457 g/mol. The number of alkyl carbamates (subject to hydrolysis) is 1. The Hall–Kier alpha value is -2.69. The van der Waals surface area contributed by atoms with Crippen LogP contribution in [-0.2, 0) is 15.0 Å². The molecule has 32 heavy (non-hydrogen) atoms. The molecule has 172 valence electrons. The molecule has 4 fully saturated rings. The first kappa shape index (κ1) is 21.2. The Bertz CT molecular complexity index is 1030. The van der Waals surface area contributed by atoms with E-state index in [-0.39, 0.29) is 36.4 Å². The van der Waals surface area contributed by atoms with Crippen molar-refractivity contribution in [3.63, 3.8) is 0 Å². The topological polar surface area (TPSA) is 65.4 Å². The summed E-state index contributed by atoms with van der Waals surface area (Å²) in [6.45, 7) is 0.0594. The van der Waals surface area contributed by atoms with Crippen LogP contribution in [0.5, 0.6) is 0 Å². The molecule has 1 aromatic carbocycles. The highest BCUT2D eigenvalue weighted by Crippen LogP contribution is 2.65. The van der Waals surface area contributed by atoms with Crippen molar-refractivity contribution < 1.29 is 36.2 Å². The number of benzene rings is 1. The van der Waals surface area contributed by atoms with Gasteiger partial charge in [-0.25, -0.2) is 18.6 Å². The lowest BCUT2D eigenvalue weighted by molar-refractivity contribution is -0.354. The zero-order valence-electron chi connectivity index (χ0n) is 16.8. The molecule has 2 bridgehead atoms. The van der Waals surface area contributed by atoms with Crippen LogP contribution >= 0.6 is 0 Å². The molecule has 4 aliphatic rings. The molecule has 1 amide bonds. The van der Waals surface area contributed by atoms with Crippen LogP contribution in [0.25, 0.3) is 11.3 Å². The standard InChI is InChI=1S/C21H20F5N3O3/c22-15-2-1-13(5-16(15)23)17-6-29(11-27-17)20-8-19(9-20,10-20)28-18(30)31-7-12-3-14(4-12)32-21(24,25)26/h1-2,5-6,11-12,14H,3-4,7-10H2,(H,28,30). The highest BCUT2D eigenvalue weighted by molar-refractivity contribution is 5.69. The maximum atomic E-state index is 13.5. The predicted octanol–water partition coefficient (Wildman–Crippen LogP) is 4.50. The number of halogens is 5. The number of aromatic nitrogens is 2. The number of nitrogens with one attached hydrogen (secondary N) is 1. The summed E-state index contributed by atoms with van der Waals surface area (Å²) < 4.78 is 74.0. The quantitative estimate of drug-likeness (QED) is 0.649. The van der Waals surface area contributed by atoms with Crippen molar-refractivity contribution in [2.45, 2.75) is 55.6 Å². The highest BCUT2D eigenvalue weighted by Gasteiger charge is 2.70. The van der Waals surface area contributed by atoms with Gasteiger partial charge in [0.1, 0.15) is 0 Å². The van der Waals surface area contributed by atoms with E-state index in [1.807, 2.05) is 4.57 Å². The van der Waals surface area contributed by atoms with Gasteiger partial charge < -0.3 is 14.6 Å². The SMILES string of the molecule is O=C(NC12CC(n3cnc(-c4ccc(F)c(F)c4)c3)(C1)C2)OCC1CC(OC(F)(F)F)C1. The largest absolute Gasteiger partial charge is 0.522 e. The molecule has 4 aliphatic carbocycles. The molecule has 0 aliphatic heterocycles. The van der Waals surface area contributed by atoms with E-state index in [4.69, 9.17) is 4.74 Å². The fraction of sp³-hybridized carbons (Fsp3) is 0.524. The van der Waals surface area contributed by atoms with Crippen molar-refractivity contribution in [3.05, 3.63) is 42.4 Å². The highest BCUT2D eigenvalue weighted by atomic mass is 19.4. The van der Waals surface area contributed by atoms with Crippen LogP contribution < -0.4 is 5.32 Å². The van der Waals surface area contributed by atoms with E-state index in [1.54, 1.807) is 12.5 Å². The third kappa shape index (κ3) is 3.82. The van der Waals surface area contributed by atoms with Crippen molar-refractivity contribution in [3.8, 4) is 11.3 Å². The average molecular weight is 457 g/mol. The van der Waals surface area contributed by atoms with Gasteiger partial charge in [-0.05, 0) is 56.2 Å². The first-order valence-corrected chi connectivity index (χ1v) is 10.2. The number of carbonyl (C=O) groups excluding carboxylic acids is 1. The molecule has 6 rings (SSSR count). The van der Waals surface area contributed by atoms with Gasteiger partial charge in [-0.2, -0.15) is 0 Å². The summed E-state index contributed by atoms with van der Waals surface area (Å²) in [6, 6.07) is 3.62. The minimum absolute atomic E-state index is 0.0594. The molecule has 11 heteroatoms. The van der Waals surface area contributed by atoms with Crippen molar-refractivity contribution in [1.82, 2.24) is 14.9 Å². The van der Waals surface area contributed by atoms with Crippen molar-refractivity contribution in [1.29, 1.82) is 0 Å². The van der Waals surface area contributed by atoms with Gasteiger partial charge in [0.05, 0.1) is 35.8 Å². The van der Waals surface area contributed by atoms with Gasteiger partial charge in [0, 0.05) is 11.8 Å². The summed E-state index contributed by atoms with van der Waals surface area (Å²) in [4.78, 5) is 16.4. The lowest BCUT2D eigenvalue weighted by Crippen LogP contribution is -2.78. The third-order valence-corrected chi connectivity index (χ3v) is 6.66. The van der Waals surface area contributed by atoms with Crippen molar-refractivity contribution in [2.75, 3.05) is 6.61 Å². The number of hydrogen-bond donors (Lipinski definition) is 1. The molecule has 0 atom stereocenters. The number of amides is 1. The third-order valence-electron chi connectivity index (χ3n) is 6.66. The van der Waals surface area contributed by atoms with Gasteiger partial charge in [-0.15, -0.1) is 13.2 Å². The minimum atomic E-state index is -4.64. The molecular weight excluding hydrogens is 437 g/mol. The van der Waals surface area contributed by atoms with Crippen molar-refractivity contribution in [2.24, 2.45) is 5.92 Å². The lowest BCUT2D eigenvalue weighted by atomic mass is 9.44. The number of carbonyl (C=O) groups is 1. The molecule has 4 saturated carbocycles. The van der Waals surface area contributed by atoms with Gasteiger partial charge in [0.2, 0.25) is 0 Å². The molecule has 1 aromatic heterocycles. The fourth-order valence-corrected chi connectivity index (χ4v) is 5.07. The van der Waals surface area contributed by atoms with Gasteiger partial charge in [-0.3, -0.25) is 4.74 Å². The zero-order valence-corrected chi connectivity index (χ0v) is 16.8. The average Bonchev–Trinajstić information content (AvgIpc) is 3.10. The Morgan fingerprint density at radius 1 is 1.19 bits per heavy atom. The van der Waals surface area contributed by atoms with E-state index in [0.29, 0.717) is 30.5 Å². The summed E-state index contributed by atoms with van der Waals surface area (Å²) in [5.74, 6) is -1.98. The number of hydrogen-bond acceptors (Lipinski definition) is 4. The normalized spacial score (nSPS) is 30.7. The number of alkyl halides is 3. The van der Waals surface area contributed by atoms with Gasteiger partial charge >= 0.3 is 12.5 Å². The van der Waals surface area contributed by atoms with Crippen LogP contribution in [0, 0.1) is 17.6 Å². The zero-order chi connectivity index (χ0) is 22.7. The lowest BCUT2D eigenvalue weighted by Gasteiger charge is -2.70. The maximum Gasteiger partial charge on any atom is 0.522 e. The van der Waals surface area contributed by atoms with E-state index in [9.17, 15) is 26.7 Å². The molecule has 6 nitrogen and oxygen atoms in total. The minimum Gasteiger partial charge on any atom is -0.449 e. The number of nitrogens with zero attached hydrogens (tertiary/aromatic N) is 2. The Morgan fingerprint density at radius 2 is 1.91 bits per heavy atom. The first-order valence-electron chi connectivity index (χ1n) is 10.2. The predicted molar refractivity (Wildman–Crippen MR) is 100 cm³/mol. The molecule has 1 heterocycles. The van der Waals surface area contributed by atoms with Gasteiger partial charge in [0.25, 0.3) is 0 Å². The molecule has 0 spiro atoms. The summed E-state index contributed by atoms with van der Waals surface area (Å²) in [5.41, 5.74) is 0.478. The number of rotatable bonds is 6. The smallest absolute Gasteiger partial charge is 0.449 e. The summed E-state index contributed by atoms with van der Waals surface area (Å²) in [6.07, 6.45) is -0.169. The van der Waals surface area contributed by atoms with Crippen molar-refractivity contribution >= 4 is 6.09 Å². The van der Waals surface area contributed by atoms with E-state index < -0.39 is 30.2 Å². The molecule has 0 unspecified atom stereocenters. The Kier molecular flexibility index (Phi) is 4.74. The Labute approximate surface area is 179 Å². The summed E-state index contributed by atoms with van der Waals surface area (Å²) in [7, 11) is 0. The van der Waals surface area contributed by atoms with E-state index in [1.165, 1.54) is 6.07 Å². The Morgan fingerprint density at radius 3 is 2.56 bits per heavy atom. The van der Waals surface area contributed by atoms with E-state index in [0.717, 1.165) is 12.1 Å². The van der Waals surface area contributed by atoms with Crippen LogP contribution in [0.1, 0.15) is 32.1 Å². The number of imidazole rings is 1. The van der Waals surface area contributed by atoms with E-state index in [2.05, 4.69) is 15.0 Å². The summed E-state index contributed by atoms with van der Waals surface area (Å²) in [5, 5.41) is 2.86. The molecule has 2 aromatic rings. The molecule has 0 saturated heterocycles. The Balaban J connectivity index is 1.08. The summed E-state index contributed by atoms with van der Waals surface area (Å²) >= 11 is 0. The maximum absolute atomic E-state index is 13.5. The fourth-order valence-electron chi connectivity index (χ4n) is 5.07. The van der Waals surface area contributed by atoms with Gasteiger partial charge in [0.15, 0.2) is 11.6 Å². The second kappa shape index (κ2) is 7.16. The molecular formula is C21H20F5N3O3.